The van der Waals surface area contributed by atoms with Crippen LogP contribution in [-0.4, -0.2) is 0 Å². The molecule has 0 aliphatic carbocycles. The van der Waals surface area contributed by atoms with Crippen LogP contribution in [0.1, 0.15) is 36.9 Å². The summed E-state index contributed by atoms with van der Waals surface area (Å²) in [5.41, 5.74) is 8.50. The quantitative estimate of drug-likeness (QED) is 0.728. The van der Waals surface area contributed by atoms with E-state index in [1.54, 1.807) is 0 Å². The molecule has 0 aliphatic rings. The first-order chi connectivity index (χ1) is 5.74. The minimum Gasteiger partial charge on any atom is -0.324 e. The normalized spacial score (nSPS) is 12.9. The Morgan fingerprint density at radius 1 is 1.25 bits per heavy atom. The van der Waals surface area contributed by atoms with Gasteiger partial charge in [-0.25, -0.2) is 0 Å². The zero-order chi connectivity index (χ0) is 8.97. The lowest BCUT2D eigenvalue weighted by Crippen LogP contribution is -2.09. The SMILES string of the molecule is CCC[C@@H](N)c1ccc(C)cc1. The highest BCUT2D eigenvalue weighted by atomic mass is 14.6. The van der Waals surface area contributed by atoms with Crippen LogP contribution in [0, 0.1) is 6.92 Å². The van der Waals surface area contributed by atoms with Crippen LogP contribution >= 0.6 is 0 Å². The van der Waals surface area contributed by atoms with Crippen molar-refractivity contribution in [2.24, 2.45) is 5.73 Å². The predicted molar refractivity (Wildman–Crippen MR) is 53.0 cm³/mol. The number of aryl methyl sites for hydroxylation is 1. The standard InChI is InChI=1S/C11H17N/c1-3-4-11(12)10-7-5-9(2)6-8-10/h5-8,11H,3-4,12H2,1-2H3/t11-/m1/s1. The summed E-state index contributed by atoms with van der Waals surface area (Å²) < 4.78 is 0. The van der Waals surface area contributed by atoms with E-state index in [1.165, 1.54) is 11.1 Å². The number of hydrogen-bond donors (Lipinski definition) is 1. The molecule has 0 amide bonds. The largest absolute Gasteiger partial charge is 0.324 e. The summed E-state index contributed by atoms with van der Waals surface area (Å²) in [5.74, 6) is 0. The summed E-state index contributed by atoms with van der Waals surface area (Å²) in [6.45, 7) is 4.25. The maximum absolute atomic E-state index is 5.96. The second kappa shape index (κ2) is 4.27. The molecule has 1 aromatic rings. The van der Waals surface area contributed by atoms with Gasteiger partial charge in [0, 0.05) is 6.04 Å². The molecule has 0 heterocycles. The first-order valence-corrected chi connectivity index (χ1v) is 4.56. The van der Waals surface area contributed by atoms with Crippen molar-refractivity contribution < 1.29 is 0 Å². The van der Waals surface area contributed by atoms with Gasteiger partial charge in [-0.1, -0.05) is 43.2 Å². The van der Waals surface area contributed by atoms with Crippen LogP contribution in [0.5, 0.6) is 0 Å². The zero-order valence-electron chi connectivity index (χ0n) is 7.88. The maximum Gasteiger partial charge on any atom is 0.0294 e. The molecule has 0 unspecified atom stereocenters. The molecule has 66 valence electrons. The van der Waals surface area contributed by atoms with E-state index < -0.39 is 0 Å². The Bertz CT molecular complexity index is 225. The molecule has 1 heteroatoms. The monoisotopic (exact) mass is 163 g/mol. The van der Waals surface area contributed by atoms with E-state index in [-0.39, 0.29) is 6.04 Å². The second-order valence-corrected chi connectivity index (χ2v) is 3.31. The number of rotatable bonds is 3. The third-order valence-corrected chi connectivity index (χ3v) is 2.11. The Kier molecular flexibility index (Phi) is 3.30. The van der Waals surface area contributed by atoms with Crippen molar-refractivity contribution >= 4 is 0 Å². The third-order valence-electron chi connectivity index (χ3n) is 2.11. The molecule has 0 spiro atoms. The third kappa shape index (κ3) is 2.35. The van der Waals surface area contributed by atoms with Crippen LogP contribution in [0.25, 0.3) is 0 Å². The minimum atomic E-state index is 0.218. The van der Waals surface area contributed by atoms with Gasteiger partial charge in [-0.3, -0.25) is 0 Å². The molecule has 0 saturated carbocycles. The highest BCUT2D eigenvalue weighted by Crippen LogP contribution is 2.15. The van der Waals surface area contributed by atoms with Gasteiger partial charge in [-0.05, 0) is 18.9 Å². The Labute approximate surface area is 74.6 Å². The van der Waals surface area contributed by atoms with E-state index >= 15 is 0 Å². The van der Waals surface area contributed by atoms with Gasteiger partial charge in [0.1, 0.15) is 0 Å². The van der Waals surface area contributed by atoms with E-state index in [0.717, 1.165) is 12.8 Å². The Balaban J connectivity index is 2.68. The summed E-state index contributed by atoms with van der Waals surface area (Å²) in [4.78, 5) is 0. The van der Waals surface area contributed by atoms with Crippen LogP contribution in [0.2, 0.25) is 0 Å². The predicted octanol–water partition coefficient (Wildman–Crippen LogP) is 2.79. The van der Waals surface area contributed by atoms with Crippen molar-refractivity contribution in [2.75, 3.05) is 0 Å². The Morgan fingerprint density at radius 2 is 1.83 bits per heavy atom. The van der Waals surface area contributed by atoms with Gasteiger partial charge in [0.25, 0.3) is 0 Å². The van der Waals surface area contributed by atoms with E-state index in [2.05, 4.69) is 38.1 Å². The van der Waals surface area contributed by atoms with Crippen LogP contribution < -0.4 is 5.73 Å². The number of benzene rings is 1. The van der Waals surface area contributed by atoms with E-state index in [1.807, 2.05) is 0 Å². The molecule has 0 aromatic heterocycles. The van der Waals surface area contributed by atoms with Crippen molar-refractivity contribution in [2.45, 2.75) is 32.7 Å². The second-order valence-electron chi connectivity index (χ2n) is 3.31. The van der Waals surface area contributed by atoms with Crippen molar-refractivity contribution in [3.63, 3.8) is 0 Å². The fourth-order valence-electron chi connectivity index (χ4n) is 1.29. The average Bonchev–Trinajstić information content (AvgIpc) is 2.06. The molecule has 12 heavy (non-hydrogen) atoms. The Hall–Kier alpha value is -0.820. The lowest BCUT2D eigenvalue weighted by atomic mass is 10.0. The zero-order valence-corrected chi connectivity index (χ0v) is 7.88. The highest BCUT2D eigenvalue weighted by Gasteiger charge is 2.02. The van der Waals surface area contributed by atoms with Gasteiger partial charge in [-0.2, -0.15) is 0 Å². The van der Waals surface area contributed by atoms with Crippen molar-refractivity contribution in [1.29, 1.82) is 0 Å². The van der Waals surface area contributed by atoms with E-state index in [0.29, 0.717) is 0 Å². The minimum absolute atomic E-state index is 0.218. The van der Waals surface area contributed by atoms with Gasteiger partial charge in [0.05, 0.1) is 0 Å². The summed E-state index contributed by atoms with van der Waals surface area (Å²) in [6, 6.07) is 8.69. The van der Waals surface area contributed by atoms with E-state index in [4.69, 9.17) is 5.73 Å². The highest BCUT2D eigenvalue weighted by molar-refractivity contribution is 5.23. The molecule has 0 saturated heterocycles. The molecule has 2 N–H and O–H groups in total. The first-order valence-electron chi connectivity index (χ1n) is 4.56. The molecule has 0 fully saturated rings. The van der Waals surface area contributed by atoms with E-state index in [9.17, 15) is 0 Å². The fourth-order valence-corrected chi connectivity index (χ4v) is 1.29. The van der Waals surface area contributed by atoms with Crippen molar-refractivity contribution in [3.8, 4) is 0 Å². The summed E-state index contributed by atoms with van der Waals surface area (Å²) >= 11 is 0. The average molecular weight is 163 g/mol. The van der Waals surface area contributed by atoms with Crippen LogP contribution in [0.4, 0.5) is 0 Å². The lowest BCUT2D eigenvalue weighted by Gasteiger charge is -2.10. The lowest BCUT2D eigenvalue weighted by molar-refractivity contribution is 0.638. The van der Waals surface area contributed by atoms with Gasteiger partial charge in [0.2, 0.25) is 0 Å². The van der Waals surface area contributed by atoms with Crippen LogP contribution in [-0.2, 0) is 0 Å². The molecule has 0 radical (unpaired) electrons. The molecule has 1 atom stereocenters. The van der Waals surface area contributed by atoms with Gasteiger partial charge in [-0.15, -0.1) is 0 Å². The molecular weight excluding hydrogens is 146 g/mol. The van der Waals surface area contributed by atoms with Gasteiger partial charge < -0.3 is 5.73 Å². The van der Waals surface area contributed by atoms with Crippen LogP contribution in [0.15, 0.2) is 24.3 Å². The maximum atomic E-state index is 5.96. The summed E-state index contributed by atoms with van der Waals surface area (Å²) in [7, 11) is 0. The molecule has 1 nitrogen and oxygen atoms in total. The molecule has 0 aliphatic heterocycles. The Morgan fingerprint density at radius 3 is 2.33 bits per heavy atom. The van der Waals surface area contributed by atoms with Crippen molar-refractivity contribution in [1.82, 2.24) is 0 Å². The molecule has 1 rings (SSSR count). The summed E-state index contributed by atoms with van der Waals surface area (Å²) in [6.07, 6.45) is 2.22. The first kappa shape index (κ1) is 9.27. The molecule has 1 aromatic carbocycles. The topological polar surface area (TPSA) is 26.0 Å². The van der Waals surface area contributed by atoms with Crippen LogP contribution in [0.3, 0.4) is 0 Å². The number of nitrogens with two attached hydrogens (primary N) is 1. The smallest absolute Gasteiger partial charge is 0.0294 e. The van der Waals surface area contributed by atoms with Gasteiger partial charge >= 0.3 is 0 Å². The van der Waals surface area contributed by atoms with Gasteiger partial charge in [0.15, 0.2) is 0 Å². The fraction of sp³-hybridized carbons (Fsp3) is 0.455. The number of hydrogen-bond acceptors (Lipinski definition) is 1. The van der Waals surface area contributed by atoms with Crippen molar-refractivity contribution in [3.05, 3.63) is 35.4 Å². The molecular formula is C11H17N. The molecule has 0 bridgehead atoms. The summed E-state index contributed by atoms with van der Waals surface area (Å²) in [5, 5.41) is 0.